The molecule has 1 heterocycles. The van der Waals surface area contributed by atoms with Crippen LogP contribution in [0.3, 0.4) is 0 Å². The predicted octanol–water partition coefficient (Wildman–Crippen LogP) is 1.86. The first-order valence-corrected chi connectivity index (χ1v) is 6.99. The number of aliphatic hydroxyl groups is 1. The highest BCUT2D eigenvalue weighted by molar-refractivity contribution is 4.91. The molecule has 1 fully saturated rings. The number of likely N-dealkylation sites (N-methyl/N-ethyl adjacent to an activating group) is 1. The van der Waals surface area contributed by atoms with Crippen molar-refractivity contribution in [2.24, 2.45) is 5.92 Å². The molecular weight excluding hydrogens is 212 g/mol. The molecule has 0 saturated carbocycles. The van der Waals surface area contributed by atoms with Crippen LogP contribution >= 0.6 is 0 Å². The summed E-state index contributed by atoms with van der Waals surface area (Å²) in [6.45, 7) is 10.5. The van der Waals surface area contributed by atoms with Gasteiger partial charge in [-0.3, -0.25) is 4.90 Å². The summed E-state index contributed by atoms with van der Waals surface area (Å²) >= 11 is 0. The summed E-state index contributed by atoms with van der Waals surface area (Å²) in [4.78, 5) is 2.63. The summed E-state index contributed by atoms with van der Waals surface area (Å²) in [5.74, 6) is 0.731. The number of likely N-dealkylation sites (tertiary alicyclic amines) is 1. The van der Waals surface area contributed by atoms with E-state index in [1.54, 1.807) is 0 Å². The number of hydrogen-bond acceptors (Lipinski definition) is 3. The van der Waals surface area contributed by atoms with Crippen molar-refractivity contribution in [3.8, 4) is 0 Å². The molecule has 0 spiro atoms. The van der Waals surface area contributed by atoms with Crippen LogP contribution in [0.4, 0.5) is 0 Å². The van der Waals surface area contributed by atoms with Crippen molar-refractivity contribution in [2.45, 2.75) is 64.6 Å². The minimum Gasteiger partial charge on any atom is -0.394 e. The maximum atomic E-state index is 9.47. The van der Waals surface area contributed by atoms with Gasteiger partial charge in [0.25, 0.3) is 0 Å². The molecule has 0 aromatic carbocycles. The van der Waals surface area contributed by atoms with Crippen molar-refractivity contribution in [1.82, 2.24) is 10.2 Å². The third-order valence-electron chi connectivity index (χ3n) is 4.38. The number of nitrogens with one attached hydrogen (secondary N) is 1. The normalized spacial score (nSPS) is 27.4. The predicted molar refractivity (Wildman–Crippen MR) is 73.2 cm³/mol. The summed E-state index contributed by atoms with van der Waals surface area (Å²) < 4.78 is 0. The Morgan fingerprint density at radius 2 is 2.06 bits per heavy atom. The van der Waals surface area contributed by atoms with E-state index in [4.69, 9.17) is 0 Å². The van der Waals surface area contributed by atoms with E-state index in [-0.39, 0.29) is 12.1 Å². The SMILES string of the molecule is CNC(C)(CO)CC(C)N1CCCC1C(C)C. The summed E-state index contributed by atoms with van der Waals surface area (Å²) in [5, 5.41) is 12.7. The maximum absolute atomic E-state index is 9.47. The Morgan fingerprint density at radius 1 is 1.41 bits per heavy atom. The smallest absolute Gasteiger partial charge is 0.0611 e. The van der Waals surface area contributed by atoms with E-state index in [9.17, 15) is 5.11 Å². The molecule has 0 bridgehead atoms. The number of nitrogens with zero attached hydrogens (tertiary/aromatic N) is 1. The Morgan fingerprint density at radius 3 is 2.53 bits per heavy atom. The van der Waals surface area contributed by atoms with Crippen LogP contribution in [0.1, 0.15) is 47.0 Å². The average Bonchev–Trinajstić information content (AvgIpc) is 2.77. The minimum absolute atomic E-state index is 0.149. The summed E-state index contributed by atoms with van der Waals surface area (Å²) in [6.07, 6.45) is 3.66. The first-order valence-electron chi connectivity index (χ1n) is 6.99. The minimum atomic E-state index is -0.149. The fourth-order valence-electron chi connectivity index (χ4n) is 3.09. The van der Waals surface area contributed by atoms with E-state index >= 15 is 0 Å². The Bertz CT molecular complexity index is 226. The van der Waals surface area contributed by atoms with Crippen LogP contribution in [0.15, 0.2) is 0 Å². The van der Waals surface area contributed by atoms with Gasteiger partial charge in [0.15, 0.2) is 0 Å². The van der Waals surface area contributed by atoms with Crippen molar-refractivity contribution >= 4 is 0 Å². The second-order valence-electron chi connectivity index (χ2n) is 6.21. The molecule has 0 aliphatic carbocycles. The molecule has 17 heavy (non-hydrogen) atoms. The van der Waals surface area contributed by atoms with Crippen molar-refractivity contribution in [3.63, 3.8) is 0 Å². The van der Waals surface area contributed by atoms with Gasteiger partial charge in [-0.05, 0) is 52.6 Å². The quantitative estimate of drug-likeness (QED) is 0.746. The van der Waals surface area contributed by atoms with Crippen molar-refractivity contribution in [2.75, 3.05) is 20.2 Å². The van der Waals surface area contributed by atoms with Crippen LogP contribution in [0, 0.1) is 5.92 Å². The van der Waals surface area contributed by atoms with Crippen LogP contribution in [-0.4, -0.2) is 47.8 Å². The van der Waals surface area contributed by atoms with E-state index in [1.165, 1.54) is 19.4 Å². The summed E-state index contributed by atoms with van der Waals surface area (Å²) in [6, 6.07) is 1.26. The van der Waals surface area contributed by atoms with Crippen LogP contribution in [0.5, 0.6) is 0 Å². The fraction of sp³-hybridized carbons (Fsp3) is 1.00. The van der Waals surface area contributed by atoms with Gasteiger partial charge in [-0.25, -0.2) is 0 Å². The standard InChI is InChI=1S/C14H30N2O/c1-11(2)13-7-6-8-16(13)12(3)9-14(4,10-17)15-5/h11-13,15,17H,6-10H2,1-5H3. The molecular formula is C14H30N2O. The van der Waals surface area contributed by atoms with Crippen molar-refractivity contribution in [1.29, 1.82) is 0 Å². The zero-order valence-electron chi connectivity index (χ0n) is 12.2. The van der Waals surface area contributed by atoms with Gasteiger partial charge in [-0.2, -0.15) is 0 Å². The maximum Gasteiger partial charge on any atom is 0.0611 e. The highest BCUT2D eigenvalue weighted by atomic mass is 16.3. The number of rotatable bonds is 6. The molecule has 1 rings (SSSR count). The molecule has 0 radical (unpaired) electrons. The molecule has 3 heteroatoms. The fourth-order valence-corrected chi connectivity index (χ4v) is 3.09. The average molecular weight is 242 g/mol. The van der Waals surface area contributed by atoms with Crippen molar-refractivity contribution in [3.05, 3.63) is 0 Å². The highest BCUT2D eigenvalue weighted by Gasteiger charge is 2.33. The van der Waals surface area contributed by atoms with Gasteiger partial charge in [0.05, 0.1) is 6.61 Å². The first kappa shape index (κ1) is 14.9. The van der Waals surface area contributed by atoms with E-state index in [2.05, 4.69) is 37.9 Å². The molecule has 3 nitrogen and oxygen atoms in total. The zero-order chi connectivity index (χ0) is 13.1. The van der Waals surface area contributed by atoms with Gasteiger partial charge >= 0.3 is 0 Å². The second kappa shape index (κ2) is 6.17. The monoisotopic (exact) mass is 242 g/mol. The molecule has 1 aliphatic heterocycles. The summed E-state index contributed by atoms with van der Waals surface area (Å²) in [5.41, 5.74) is -0.149. The van der Waals surface area contributed by atoms with Crippen LogP contribution < -0.4 is 5.32 Å². The van der Waals surface area contributed by atoms with Gasteiger partial charge in [-0.1, -0.05) is 13.8 Å². The van der Waals surface area contributed by atoms with E-state index < -0.39 is 0 Å². The second-order valence-corrected chi connectivity index (χ2v) is 6.21. The first-order chi connectivity index (χ1) is 7.93. The number of hydrogen-bond donors (Lipinski definition) is 2. The molecule has 1 saturated heterocycles. The molecule has 0 aromatic rings. The third-order valence-corrected chi connectivity index (χ3v) is 4.38. The Balaban J connectivity index is 2.60. The number of aliphatic hydroxyl groups excluding tert-OH is 1. The molecule has 102 valence electrons. The van der Waals surface area contributed by atoms with Crippen LogP contribution in [-0.2, 0) is 0 Å². The molecule has 2 N–H and O–H groups in total. The third kappa shape index (κ3) is 3.67. The lowest BCUT2D eigenvalue weighted by molar-refractivity contribution is 0.0985. The topological polar surface area (TPSA) is 35.5 Å². The molecule has 0 amide bonds. The van der Waals surface area contributed by atoms with Crippen molar-refractivity contribution < 1.29 is 5.11 Å². The van der Waals surface area contributed by atoms with Gasteiger partial charge in [-0.15, -0.1) is 0 Å². The summed E-state index contributed by atoms with van der Waals surface area (Å²) in [7, 11) is 1.94. The van der Waals surface area contributed by atoms with Gasteiger partial charge in [0.2, 0.25) is 0 Å². The molecule has 1 aliphatic rings. The Kier molecular flexibility index (Phi) is 5.42. The van der Waals surface area contributed by atoms with E-state index in [0.29, 0.717) is 6.04 Å². The van der Waals surface area contributed by atoms with Gasteiger partial charge in [0, 0.05) is 17.6 Å². The Hall–Kier alpha value is -0.120. The lowest BCUT2D eigenvalue weighted by Crippen LogP contribution is -2.50. The largest absolute Gasteiger partial charge is 0.394 e. The Labute approximate surface area is 107 Å². The van der Waals surface area contributed by atoms with Crippen LogP contribution in [0.25, 0.3) is 0 Å². The zero-order valence-corrected chi connectivity index (χ0v) is 12.2. The molecule has 0 aromatic heterocycles. The van der Waals surface area contributed by atoms with Gasteiger partial charge < -0.3 is 10.4 Å². The van der Waals surface area contributed by atoms with E-state index in [1.807, 2.05) is 7.05 Å². The van der Waals surface area contributed by atoms with E-state index in [0.717, 1.165) is 18.4 Å². The van der Waals surface area contributed by atoms with Gasteiger partial charge in [0.1, 0.15) is 0 Å². The molecule has 3 unspecified atom stereocenters. The lowest BCUT2D eigenvalue weighted by atomic mass is 9.92. The van der Waals surface area contributed by atoms with Crippen LogP contribution in [0.2, 0.25) is 0 Å². The highest BCUT2D eigenvalue weighted by Crippen LogP contribution is 2.28. The lowest BCUT2D eigenvalue weighted by Gasteiger charge is -2.38. The molecule has 3 atom stereocenters.